The number of rotatable bonds is 9. The molecule has 0 saturated carbocycles. The number of hydrogen-bond donors (Lipinski definition) is 2. The number of methoxy groups -OCH3 is 1. The number of ether oxygens (including phenoxy) is 1. The van der Waals surface area contributed by atoms with Crippen LogP contribution in [0.4, 0.5) is 5.69 Å². The molecule has 0 radical (unpaired) electrons. The van der Waals surface area contributed by atoms with Crippen LogP contribution >= 0.6 is 11.6 Å². The van der Waals surface area contributed by atoms with E-state index in [-0.39, 0.29) is 22.7 Å². The number of halogens is 1. The van der Waals surface area contributed by atoms with Gasteiger partial charge in [0.05, 0.1) is 23.3 Å². The highest BCUT2D eigenvalue weighted by atomic mass is 35.5. The lowest BCUT2D eigenvalue weighted by atomic mass is 10.2. The molecule has 0 spiro atoms. The molecule has 8 nitrogen and oxygen atoms in total. The van der Waals surface area contributed by atoms with Gasteiger partial charge in [0.1, 0.15) is 12.3 Å². The molecule has 2 N–H and O–H groups in total. The maximum atomic E-state index is 13.5. The van der Waals surface area contributed by atoms with E-state index in [9.17, 15) is 23.1 Å². The van der Waals surface area contributed by atoms with Crippen molar-refractivity contribution in [3.63, 3.8) is 0 Å². The Morgan fingerprint density at radius 1 is 1.06 bits per heavy atom. The highest BCUT2D eigenvalue weighted by molar-refractivity contribution is 7.92. The van der Waals surface area contributed by atoms with E-state index in [1.165, 1.54) is 24.3 Å². The molecular weight excluding hydrogens is 480 g/mol. The number of nitrogens with zero attached hydrogens (tertiary/aromatic N) is 1. The third kappa shape index (κ3) is 5.67. The van der Waals surface area contributed by atoms with Gasteiger partial charge in [-0.2, -0.15) is 0 Å². The second-order valence-corrected chi connectivity index (χ2v) is 9.62. The first-order chi connectivity index (χ1) is 16.1. The van der Waals surface area contributed by atoms with Gasteiger partial charge in [0, 0.05) is 11.6 Å². The van der Waals surface area contributed by atoms with Crippen molar-refractivity contribution in [1.82, 2.24) is 5.32 Å². The highest BCUT2D eigenvalue weighted by Crippen LogP contribution is 2.31. The normalized spacial score (nSPS) is 11.0. The second kappa shape index (κ2) is 10.6. The molecule has 0 aliphatic carbocycles. The minimum atomic E-state index is -4.30. The lowest BCUT2D eigenvalue weighted by Gasteiger charge is -2.26. The monoisotopic (exact) mass is 502 g/mol. The molecule has 0 aliphatic heterocycles. The van der Waals surface area contributed by atoms with Gasteiger partial charge < -0.3 is 15.2 Å². The lowest BCUT2D eigenvalue weighted by Crippen LogP contribution is -2.41. The number of carboxylic acid groups (broad SMARTS) is 1. The molecule has 1 amide bonds. The highest BCUT2D eigenvalue weighted by Gasteiger charge is 2.29. The molecule has 0 bridgehead atoms. The summed E-state index contributed by atoms with van der Waals surface area (Å²) in [7, 11) is -2.75. The number of sulfonamides is 1. The zero-order valence-corrected chi connectivity index (χ0v) is 20.1. The molecule has 10 heteroatoms. The van der Waals surface area contributed by atoms with E-state index in [0.29, 0.717) is 16.3 Å². The maximum Gasteiger partial charge on any atom is 0.335 e. The Morgan fingerprint density at radius 3 is 2.38 bits per heavy atom. The van der Waals surface area contributed by atoms with E-state index in [1.807, 2.05) is 0 Å². The van der Waals surface area contributed by atoms with E-state index < -0.39 is 28.4 Å². The van der Waals surface area contributed by atoms with Crippen LogP contribution in [-0.2, 0) is 21.4 Å². The summed E-state index contributed by atoms with van der Waals surface area (Å²) < 4.78 is 33.1. The van der Waals surface area contributed by atoms with Crippen molar-refractivity contribution in [2.75, 3.05) is 18.0 Å². The molecule has 178 valence electrons. The number of anilines is 1. The predicted molar refractivity (Wildman–Crippen MR) is 129 cm³/mol. The Balaban J connectivity index is 1.92. The third-order valence-corrected chi connectivity index (χ3v) is 7.28. The zero-order chi connectivity index (χ0) is 24.9. The molecule has 3 aromatic carbocycles. The van der Waals surface area contributed by atoms with Gasteiger partial charge in [-0.3, -0.25) is 9.10 Å². The molecule has 0 heterocycles. The number of hydrogen-bond acceptors (Lipinski definition) is 5. The van der Waals surface area contributed by atoms with Crippen LogP contribution in [0.1, 0.15) is 21.5 Å². The summed E-state index contributed by atoms with van der Waals surface area (Å²) in [4.78, 5) is 23.9. The van der Waals surface area contributed by atoms with E-state index in [1.54, 1.807) is 50.4 Å². The van der Waals surface area contributed by atoms with Crippen LogP contribution in [0.3, 0.4) is 0 Å². The van der Waals surface area contributed by atoms with E-state index in [2.05, 4.69) is 5.32 Å². The first kappa shape index (κ1) is 25.1. The summed E-state index contributed by atoms with van der Waals surface area (Å²) in [5.74, 6) is -1.14. The van der Waals surface area contributed by atoms with Gasteiger partial charge in [0.25, 0.3) is 10.0 Å². The summed E-state index contributed by atoms with van der Waals surface area (Å²) in [5, 5.41) is 12.3. The summed E-state index contributed by atoms with van der Waals surface area (Å²) >= 11 is 6.21. The third-order valence-electron chi connectivity index (χ3n) is 5.11. The minimum Gasteiger partial charge on any atom is -0.497 e. The Bertz CT molecular complexity index is 1310. The fraction of sp³-hybridized carbons (Fsp3) is 0.167. The van der Waals surface area contributed by atoms with Crippen molar-refractivity contribution in [1.29, 1.82) is 0 Å². The van der Waals surface area contributed by atoms with E-state index in [4.69, 9.17) is 16.3 Å². The number of carboxylic acids is 1. The number of amides is 1. The summed E-state index contributed by atoms with van der Waals surface area (Å²) in [6, 6.07) is 16.8. The van der Waals surface area contributed by atoms with Crippen molar-refractivity contribution < 1.29 is 27.9 Å². The lowest BCUT2D eigenvalue weighted by molar-refractivity contribution is -0.119. The molecule has 34 heavy (non-hydrogen) atoms. The topological polar surface area (TPSA) is 113 Å². The smallest absolute Gasteiger partial charge is 0.335 e. The molecule has 0 saturated heterocycles. The van der Waals surface area contributed by atoms with Gasteiger partial charge in [0.15, 0.2) is 0 Å². The van der Waals surface area contributed by atoms with Crippen LogP contribution in [0, 0.1) is 6.92 Å². The summed E-state index contributed by atoms with van der Waals surface area (Å²) in [6.45, 7) is 1.29. The van der Waals surface area contributed by atoms with Crippen molar-refractivity contribution in [3.05, 3.63) is 88.4 Å². The van der Waals surface area contributed by atoms with Gasteiger partial charge in [0.2, 0.25) is 5.91 Å². The largest absolute Gasteiger partial charge is 0.497 e. The molecule has 0 aromatic heterocycles. The average Bonchev–Trinajstić information content (AvgIpc) is 2.83. The van der Waals surface area contributed by atoms with Gasteiger partial charge in [-0.05, 0) is 60.5 Å². The van der Waals surface area contributed by atoms with Crippen LogP contribution < -0.4 is 14.4 Å². The van der Waals surface area contributed by atoms with Crippen LogP contribution in [-0.4, -0.2) is 39.1 Å². The van der Waals surface area contributed by atoms with Crippen molar-refractivity contribution in [3.8, 4) is 5.75 Å². The van der Waals surface area contributed by atoms with E-state index >= 15 is 0 Å². The predicted octanol–water partition coefficient (Wildman–Crippen LogP) is 3.87. The first-order valence-electron chi connectivity index (χ1n) is 10.1. The molecule has 3 aromatic rings. The van der Waals surface area contributed by atoms with Crippen LogP contribution in [0.5, 0.6) is 5.75 Å². The Morgan fingerprint density at radius 2 is 1.74 bits per heavy atom. The average molecular weight is 503 g/mol. The first-order valence-corrected chi connectivity index (χ1v) is 12.0. The number of carbonyl (C=O) groups is 2. The Hall–Kier alpha value is -3.56. The molecule has 0 unspecified atom stereocenters. The fourth-order valence-electron chi connectivity index (χ4n) is 3.21. The quantitative estimate of drug-likeness (QED) is 0.459. The fourth-order valence-corrected chi connectivity index (χ4v) is 4.91. The molecule has 3 rings (SSSR count). The van der Waals surface area contributed by atoms with Gasteiger partial charge in [-0.1, -0.05) is 35.9 Å². The van der Waals surface area contributed by atoms with Crippen molar-refractivity contribution in [2.24, 2.45) is 0 Å². The maximum absolute atomic E-state index is 13.5. The standard InChI is InChI=1S/C24H23ClN2O6S/c1-16-21(25)7-4-8-22(16)27(34(31,32)20-6-3-5-18(13-20)24(29)30)15-23(28)26-14-17-9-11-19(33-2)12-10-17/h3-13H,14-15H2,1-2H3,(H,26,28)(H,29,30). The van der Waals surface area contributed by atoms with Crippen molar-refractivity contribution in [2.45, 2.75) is 18.4 Å². The van der Waals surface area contributed by atoms with Gasteiger partial charge >= 0.3 is 5.97 Å². The zero-order valence-electron chi connectivity index (χ0n) is 18.5. The Kier molecular flexibility index (Phi) is 7.80. The number of nitrogens with one attached hydrogen (secondary N) is 1. The van der Waals surface area contributed by atoms with Gasteiger partial charge in [-0.25, -0.2) is 13.2 Å². The van der Waals surface area contributed by atoms with Gasteiger partial charge in [-0.15, -0.1) is 0 Å². The summed E-state index contributed by atoms with van der Waals surface area (Å²) in [5.41, 5.74) is 1.29. The Labute approximate surface area is 202 Å². The SMILES string of the molecule is COc1ccc(CNC(=O)CN(c2cccc(Cl)c2C)S(=O)(=O)c2cccc(C(=O)O)c2)cc1. The van der Waals surface area contributed by atoms with E-state index in [0.717, 1.165) is 15.9 Å². The van der Waals surface area contributed by atoms with Crippen molar-refractivity contribution >= 4 is 39.2 Å². The summed E-state index contributed by atoms with van der Waals surface area (Å²) in [6.07, 6.45) is 0. The second-order valence-electron chi connectivity index (χ2n) is 7.35. The molecule has 0 aliphatic rings. The molecule has 0 atom stereocenters. The minimum absolute atomic E-state index is 0.180. The molecule has 0 fully saturated rings. The van der Waals surface area contributed by atoms with Crippen LogP contribution in [0.2, 0.25) is 5.02 Å². The van der Waals surface area contributed by atoms with Crippen LogP contribution in [0.25, 0.3) is 0 Å². The molecular formula is C24H23ClN2O6S. The number of benzene rings is 3. The number of carbonyl (C=O) groups excluding carboxylic acids is 1. The van der Waals surface area contributed by atoms with Crippen LogP contribution in [0.15, 0.2) is 71.6 Å². The number of aromatic carboxylic acids is 1.